The van der Waals surface area contributed by atoms with Crippen molar-refractivity contribution in [1.29, 1.82) is 0 Å². The standard InChI is InChI=1S/C20H25Cl/c1-5-15-12-13-17(14-16(15)6-2)19(21)20(3,4)18-10-8-7-9-11-18/h7-14,19H,5-6H2,1-4H3. The molecule has 1 atom stereocenters. The molecular formula is C20H25Cl. The van der Waals surface area contributed by atoms with Crippen LogP contribution in [0.15, 0.2) is 48.5 Å². The Bertz CT molecular complexity index is 584. The highest BCUT2D eigenvalue weighted by molar-refractivity contribution is 6.21. The highest BCUT2D eigenvalue weighted by Crippen LogP contribution is 2.41. The van der Waals surface area contributed by atoms with Crippen LogP contribution in [-0.4, -0.2) is 0 Å². The summed E-state index contributed by atoms with van der Waals surface area (Å²) in [5, 5.41) is -0.0314. The van der Waals surface area contributed by atoms with E-state index < -0.39 is 0 Å². The van der Waals surface area contributed by atoms with Crippen molar-refractivity contribution in [3.8, 4) is 0 Å². The van der Waals surface area contributed by atoms with Gasteiger partial charge in [-0.3, -0.25) is 0 Å². The zero-order valence-corrected chi connectivity index (χ0v) is 14.2. The molecule has 0 nitrogen and oxygen atoms in total. The molecule has 2 aromatic rings. The summed E-state index contributed by atoms with van der Waals surface area (Å²) < 4.78 is 0. The van der Waals surface area contributed by atoms with Gasteiger partial charge < -0.3 is 0 Å². The van der Waals surface area contributed by atoms with E-state index in [1.807, 2.05) is 6.07 Å². The smallest absolute Gasteiger partial charge is 0.0676 e. The Balaban J connectivity index is 2.37. The summed E-state index contributed by atoms with van der Waals surface area (Å²) in [5.41, 5.74) is 5.26. The van der Waals surface area contributed by atoms with E-state index >= 15 is 0 Å². The van der Waals surface area contributed by atoms with Gasteiger partial charge in [0, 0.05) is 5.41 Å². The Morgan fingerprint density at radius 1 is 0.905 bits per heavy atom. The molecular weight excluding hydrogens is 276 g/mol. The third-order valence-corrected chi connectivity index (χ3v) is 5.23. The Labute approximate surface area is 134 Å². The molecule has 0 spiro atoms. The van der Waals surface area contributed by atoms with E-state index in [0.29, 0.717) is 0 Å². The van der Waals surface area contributed by atoms with Crippen molar-refractivity contribution < 1.29 is 0 Å². The SMILES string of the molecule is CCc1ccc(C(Cl)C(C)(C)c2ccccc2)cc1CC. The summed E-state index contributed by atoms with van der Waals surface area (Å²) in [6, 6.07) is 17.3. The van der Waals surface area contributed by atoms with Gasteiger partial charge in [0.2, 0.25) is 0 Å². The van der Waals surface area contributed by atoms with E-state index in [4.69, 9.17) is 11.6 Å². The Kier molecular flexibility index (Phi) is 5.11. The maximum Gasteiger partial charge on any atom is 0.0676 e. The topological polar surface area (TPSA) is 0 Å². The summed E-state index contributed by atoms with van der Waals surface area (Å²) >= 11 is 6.86. The van der Waals surface area contributed by atoms with E-state index in [1.54, 1.807) is 0 Å². The van der Waals surface area contributed by atoms with E-state index in [-0.39, 0.29) is 10.8 Å². The summed E-state index contributed by atoms with van der Waals surface area (Å²) in [6.07, 6.45) is 2.14. The zero-order chi connectivity index (χ0) is 15.5. The maximum atomic E-state index is 6.86. The predicted octanol–water partition coefficient (Wildman–Crippen LogP) is 6.07. The lowest BCUT2D eigenvalue weighted by Gasteiger charge is -2.31. The Morgan fingerprint density at radius 2 is 1.52 bits per heavy atom. The number of halogens is 1. The van der Waals surface area contributed by atoms with Crippen molar-refractivity contribution in [1.82, 2.24) is 0 Å². The van der Waals surface area contributed by atoms with Crippen LogP contribution in [-0.2, 0) is 18.3 Å². The van der Waals surface area contributed by atoms with E-state index in [2.05, 4.69) is 70.2 Å². The molecule has 0 radical (unpaired) electrons. The van der Waals surface area contributed by atoms with E-state index in [9.17, 15) is 0 Å². The summed E-state index contributed by atoms with van der Waals surface area (Å²) in [6.45, 7) is 8.86. The van der Waals surface area contributed by atoms with Gasteiger partial charge in [0.05, 0.1) is 5.38 Å². The fraction of sp³-hybridized carbons (Fsp3) is 0.400. The first-order chi connectivity index (χ1) is 10.0. The monoisotopic (exact) mass is 300 g/mol. The van der Waals surface area contributed by atoms with Gasteiger partial charge >= 0.3 is 0 Å². The van der Waals surface area contributed by atoms with Crippen molar-refractivity contribution in [2.75, 3.05) is 0 Å². The number of aryl methyl sites for hydroxylation is 2. The predicted molar refractivity (Wildman–Crippen MR) is 93.3 cm³/mol. The first-order valence-corrected chi connectivity index (χ1v) is 8.25. The number of hydrogen-bond donors (Lipinski definition) is 0. The van der Waals surface area contributed by atoms with Gasteiger partial charge in [-0.2, -0.15) is 0 Å². The molecule has 1 heteroatoms. The van der Waals surface area contributed by atoms with Gasteiger partial charge in [0.15, 0.2) is 0 Å². The van der Waals surface area contributed by atoms with Crippen LogP contribution in [0.1, 0.15) is 55.3 Å². The van der Waals surface area contributed by atoms with Gasteiger partial charge in [-0.15, -0.1) is 11.6 Å². The Morgan fingerprint density at radius 3 is 2.10 bits per heavy atom. The molecule has 0 aromatic heterocycles. The first-order valence-electron chi connectivity index (χ1n) is 7.82. The minimum absolute atomic E-state index is 0.0314. The second kappa shape index (κ2) is 6.66. The first kappa shape index (κ1) is 16.1. The Hall–Kier alpha value is -1.27. The lowest BCUT2D eigenvalue weighted by atomic mass is 9.78. The number of rotatable bonds is 5. The lowest BCUT2D eigenvalue weighted by Crippen LogP contribution is -2.23. The minimum Gasteiger partial charge on any atom is -0.117 e. The van der Waals surface area contributed by atoms with Crippen LogP contribution >= 0.6 is 11.6 Å². The van der Waals surface area contributed by atoms with Crippen LogP contribution in [0.4, 0.5) is 0 Å². The summed E-state index contributed by atoms with van der Waals surface area (Å²) in [7, 11) is 0. The van der Waals surface area contributed by atoms with Crippen LogP contribution in [0.2, 0.25) is 0 Å². The molecule has 0 amide bonds. The molecule has 0 saturated heterocycles. The quantitative estimate of drug-likeness (QED) is 0.588. The van der Waals surface area contributed by atoms with Gasteiger partial charge in [-0.05, 0) is 35.1 Å². The normalized spacial score (nSPS) is 13.2. The molecule has 0 saturated carbocycles. The third kappa shape index (κ3) is 3.32. The molecule has 1 unspecified atom stereocenters. The van der Waals surface area contributed by atoms with Gasteiger partial charge in [0.25, 0.3) is 0 Å². The van der Waals surface area contributed by atoms with Crippen molar-refractivity contribution in [3.05, 3.63) is 70.8 Å². The molecule has 2 aromatic carbocycles. The van der Waals surface area contributed by atoms with E-state index in [0.717, 1.165) is 12.8 Å². The molecule has 0 aliphatic heterocycles. The van der Waals surface area contributed by atoms with Gasteiger partial charge in [0.1, 0.15) is 0 Å². The van der Waals surface area contributed by atoms with Crippen LogP contribution in [0.25, 0.3) is 0 Å². The fourth-order valence-electron chi connectivity index (χ4n) is 2.91. The molecule has 21 heavy (non-hydrogen) atoms. The van der Waals surface area contributed by atoms with Crippen molar-refractivity contribution in [2.24, 2.45) is 0 Å². The van der Waals surface area contributed by atoms with Crippen LogP contribution in [0, 0.1) is 0 Å². The second-order valence-corrected chi connectivity index (χ2v) is 6.62. The molecule has 0 N–H and O–H groups in total. The fourth-order valence-corrected chi connectivity index (χ4v) is 3.17. The van der Waals surface area contributed by atoms with Gasteiger partial charge in [-0.25, -0.2) is 0 Å². The number of benzene rings is 2. The molecule has 0 fully saturated rings. The molecule has 0 bridgehead atoms. The van der Waals surface area contributed by atoms with Crippen molar-refractivity contribution >= 4 is 11.6 Å². The lowest BCUT2D eigenvalue weighted by molar-refractivity contribution is 0.504. The molecule has 0 heterocycles. The zero-order valence-electron chi connectivity index (χ0n) is 13.5. The van der Waals surface area contributed by atoms with Crippen LogP contribution in [0.5, 0.6) is 0 Å². The van der Waals surface area contributed by atoms with Crippen LogP contribution in [0.3, 0.4) is 0 Å². The maximum absolute atomic E-state index is 6.86. The minimum atomic E-state index is -0.0957. The molecule has 2 rings (SSSR count). The summed E-state index contributed by atoms with van der Waals surface area (Å²) in [4.78, 5) is 0. The molecule has 0 aliphatic carbocycles. The summed E-state index contributed by atoms with van der Waals surface area (Å²) in [5.74, 6) is 0. The average Bonchev–Trinajstić information content (AvgIpc) is 2.54. The van der Waals surface area contributed by atoms with E-state index in [1.165, 1.54) is 22.3 Å². The largest absolute Gasteiger partial charge is 0.117 e. The highest BCUT2D eigenvalue weighted by atomic mass is 35.5. The van der Waals surface area contributed by atoms with Crippen LogP contribution < -0.4 is 0 Å². The number of alkyl halides is 1. The average molecular weight is 301 g/mol. The van der Waals surface area contributed by atoms with Gasteiger partial charge in [-0.1, -0.05) is 76.2 Å². The highest BCUT2D eigenvalue weighted by Gasteiger charge is 2.31. The van der Waals surface area contributed by atoms with Crippen molar-refractivity contribution in [2.45, 2.75) is 51.3 Å². The molecule has 112 valence electrons. The molecule has 0 aliphatic rings. The number of hydrogen-bond acceptors (Lipinski definition) is 0. The van der Waals surface area contributed by atoms with Crippen molar-refractivity contribution in [3.63, 3.8) is 0 Å². The third-order valence-electron chi connectivity index (χ3n) is 4.44. The second-order valence-electron chi connectivity index (χ2n) is 6.19.